The number of hydrogen-bond acceptors (Lipinski definition) is 4. The van der Waals surface area contributed by atoms with Gasteiger partial charge in [0.05, 0.1) is 28.0 Å². The third kappa shape index (κ3) is 2.89. The van der Waals surface area contributed by atoms with Crippen molar-refractivity contribution < 1.29 is 4.74 Å². The average molecular weight is 320 g/mol. The van der Waals surface area contributed by atoms with Gasteiger partial charge in [0.15, 0.2) is 5.75 Å². The minimum absolute atomic E-state index is 0.403. The third-order valence-corrected chi connectivity index (χ3v) is 4.33. The molecule has 2 aromatic heterocycles. The molecule has 0 radical (unpaired) electrons. The minimum Gasteiger partial charge on any atom is -0.493 e. The Labute approximate surface area is 126 Å². The van der Waals surface area contributed by atoms with Gasteiger partial charge in [-0.3, -0.25) is 4.68 Å². The van der Waals surface area contributed by atoms with Gasteiger partial charge in [0.2, 0.25) is 0 Å². The molecule has 2 N–H and O–H groups in total. The number of nitrogens with two attached hydrogens (primary N) is 1. The zero-order valence-electron chi connectivity index (χ0n) is 10.7. The van der Waals surface area contributed by atoms with Crippen LogP contribution < -0.4 is 10.5 Å². The molecule has 7 heteroatoms. The molecule has 0 aliphatic heterocycles. The third-order valence-electron chi connectivity index (χ3n) is 2.81. The summed E-state index contributed by atoms with van der Waals surface area (Å²) in [6.07, 6.45) is 2.63. The van der Waals surface area contributed by atoms with Gasteiger partial charge in [0.1, 0.15) is 5.69 Å². The summed E-state index contributed by atoms with van der Waals surface area (Å²) >= 11 is 13.4. The van der Waals surface area contributed by atoms with Crippen LogP contribution in [0, 0.1) is 0 Å². The van der Waals surface area contributed by atoms with Crippen LogP contribution in [0.5, 0.6) is 5.75 Å². The summed E-state index contributed by atoms with van der Waals surface area (Å²) in [5.74, 6) is 0.666. The number of thiophene rings is 1. The number of aromatic nitrogens is 2. The highest BCUT2D eigenvalue weighted by atomic mass is 35.5. The molecule has 0 spiro atoms. The molecule has 0 saturated carbocycles. The second kappa shape index (κ2) is 6.13. The lowest BCUT2D eigenvalue weighted by atomic mass is 10.1. The van der Waals surface area contributed by atoms with Gasteiger partial charge in [-0.1, -0.05) is 30.1 Å². The maximum absolute atomic E-state index is 6.31. The van der Waals surface area contributed by atoms with Crippen molar-refractivity contribution in [3.05, 3.63) is 32.2 Å². The van der Waals surface area contributed by atoms with Crippen molar-refractivity contribution in [3.8, 4) is 5.75 Å². The fourth-order valence-corrected chi connectivity index (χ4v) is 3.50. The highest BCUT2D eigenvalue weighted by Crippen LogP contribution is 2.38. The fraction of sp³-hybridized carbons (Fsp3) is 0.417. The monoisotopic (exact) mass is 319 g/mol. The van der Waals surface area contributed by atoms with Gasteiger partial charge >= 0.3 is 0 Å². The highest BCUT2D eigenvalue weighted by molar-refractivity contribution is 7.20. The van der Waals surface area contributed by atoms with E-state index in [1.54, 1.807) is 19.4 Å². The molecule has 2 rings (SSSR count). The second-order valence-corrected chi connectivity index (χ2v) is 6.36. The van der Waals surface area contributed by atoms with Crippen molar-refractivity contribution in [1.82, 2.24) is 9.78 Å². The van der Waals surface area contributed by atoms with E-state index in [0.29, 0.717) is 14.4 Å². The summed E-state index contributed by atoms with van der Waals surface area (Å²) in [7, 11) is 1.60. The van der Waals surface area contributed by atoms with Crippen molar-refractivity contribution in [3.63, 3.8) is 0 Å². The molecule has 0 amide bonds. The molecule has 1 atom stereocenters. The van der Waals surface area contributed by atoms with Crippen molar-refractivity contribution >= 4 is 34.5 Å². The predicted molar refractivity (Wildman–Crippen MR) is 79.4 cm³/mol. The van der Waals surface area contributed by atoms with E-state index in [4.69, 9.17) is 33.7 Å². The van der Waals surface area contributed by atoms with Gasteiger partial charge in [-0.2, -0.15) is 5.10 Å². The predicted octanol–water partition coefficient (Wildman–Crippen LogP) is 3.72. The first-order chi connectivity index (χ1) is 9.08. The van der Waals surface area contributed by atoms with Crippen molar-refractivity contribution in [2.45, 2.75) is 25.9 Å². The molecule has 19 heavy (non-hydrogen) atoms. The van der Waals surface area contributed by atoms with Crippen molar-refractivity contribution in [2.24, 2.45) is 5.73 Å². The Morgan fingerprint density at radius 2 is 2.26 bits per heavy atom. The SMILES string of the molecule is CCCn1ncc(OC)c1C(N)c1cc(Cl)sc1Cl. The number of methoxy groups -OCH3 is 1. The summed E-state index contributed by atoms with van der Waals surface area (Å²) in [6, 6.07) is 1.39. The molecule has 2 heterocycles. The van der Waals surface area contributed by atoms with Crippen LogP contribution in [0.15, 0.2) is 12.3 Å². The molecule has 104 valence electrons. The van der Waals surface area contributed by atoms with Crippen LogP contribution in [-0.2, 0) is 6.54 Å². The first-order valence-corrected chi connectivity index (χ1v) is 7.45. The lowest BCUT2D eigenvalue weighted by Crippen LogP contribution is -2.18. The Morgan fingerprint density at radius 3 is 2.79 bits per heavy atom. The molecule has 0 aromatic carbocycles. The Balaban J connectivity index is 2.44. The van der Waals surface area contributed by atoms with Crippen LogP contribution in [0.2, 0.25) is 8.67 Å². The van der Waals surface area contributed by atoms with Crippen LogP contribution in [0.25, 0.3) is 0 Å². The largest absolute Gasteiger partial charge is 0.493 e. The van der Waals surface area contributed by atoms with Crippen LogP contribution in [0.1, 0.15) is 30.6 Å². The molecular formula is C12H15Cl2N3OS. The summed E-state index contributed by atoms with van der Waals surface area (Å²) in [6.45, 7) is 2.86. The quantitative estimate of drug-likeness (QED) is 0.913. The molecule has 0 saturated heterocycles. The molecule has 2 aromatic rings. The van der Waals surface area contributed by atoms with E-state index in [1.807, 2.05) is 4.68 Å². The summed E-state index contributed by atoms with van der Waals surface area (Å²) in [4.78, 5) is 0. The first kappa shape index (κ1) is 14.7. The van der Waals surface area contributed by atoms with E-state index >= 15 is 0 Å². The van der Waals surface area contributed by atoms with Crippen molar-refractivity contribution in [1.29, 1.82) is 0 Å². The molecule has 0 fully saturated rings. The number of nitrogens with zero attached hydrogens (tertiary/aromatic N) is 2. The standard InChI is InChI=1S/C12H15Cl2N3OS/c1-3-4-17-11(8(18-2)6-16-17)10(15)7-5-9(13)19-12(7)14/h5-6,10H,3-4,15H2,1-2H3. The first-order valence-electron chi connectivity index (χ1n) is 5.88. The Hall–Kier alpha value is -0.750. The van der Waals surface area contributed by atoms with Crippen LogP contribution in [0.3, 0.4) is 0 Å². The van der Waals surface area contributed by atoms with E-state index in [2.05, 4.69) is 12.0 Å². The Morgan fingerprint density at radius 1 is 1.53 bits per heavy atom. The molecule has 0 bridgehead atoms. The smallest absolute Gasteiger partial charge is 0.161 e. The van der Waals surface area contributed by atoms with E-state index in [0.717, 1.165) is 24.2 Å². The summed E-state index contributed by atoms with van der Waals surface area (Å²) in [5, 5.41) is 4.30. The lowest BCUT2D eigenvalue weighted by Gasteiger charge is -2.15. The van der Waals surface area contributed by atoms with Gasteiger partial charge in [-0.25, -0.2) is 0 Å². The molecule has 0 aliphatic rings. The zero-order valence-corrected chi connectivity index (χ0v) is 13.0. The van der Waals surface area contributed by atoms with E-state index in [-0.39, 0.29) is 0 Å². The molecular weight excluding hydrogens is 305 g/mol. The maximum atomic E-state index is 6.31. The van der Waals surface area contributed by atoms with Crippen LogP contribution >= 0.6 is 34.5 Å². The molecule has 0 aliphatic carbocycles. The molecule has 1 unspecified atom stereocenters. The fourth-order valence-electron chi connectivity index (χ4n) is 1.95. The topological polar surface area (TPSA) is 53.1 Å². The molecule has 4 nitrogen and oxygen atoms in total. The average Bonchev–Trinajstić information content (AvgIpc) is 2.92. The number of ether oxygens (including phenoxy) is 1. The van der Waals surface area contributed by atoms with Crippen LogP contribution in [0.4, 0.5) is 0 Å². The lowest BCUT2D eigenvalue weighted by molar-refractivity contribution is 0.404. The van der Waals surface area contributed by atoms with E-state index in [1.165, 1.54) is 11.3 Å². The van der Waals surface area contributed by atoms with Gasteiger partial charge in [-0.15, -0.1) is 11.3 Å². The number of aryl methyl sites for hydroxylation is 1. The van der Waals surface area contributed by atoms with Gasteiger partial charge < -0.3 is 10.5 Å². The second-order valence-electron chi connectivity index (χ2n) is 4.08. The van der Waals surface area contributed by atoms with Crippen LogP contribution in [-0.4, -0.2) is 16.9 Å². The highest BCUT2D eigenvalue weighted by Gasteiger charge is 2.23. The number of halogens is 2. The zero-order chi connectivity index (χ0) is 14.0. The Bertz CT molecular complexity index is 567. The number of rotatable bonds is 5. The summed E-state index contributed by atoms with van der Waals surface area (Å²) < 4.78 is 8.40. The van der Waals surface area contributed by atoms with E-state index in [9.17, 15) is 0 Å². The van der Waals surface area contributed by atoms with Gasteiger partial charge in [0, 0.05) is 12.1 Å². The van der Waals surface area contributed by atoms with E-state index < -0.39 is 6.04 Å². The number of hydrogen-bond donors (Lipinski definition) is 1. The minimum atomic E-state index is -0.403. The van der Waals surface area contributed by atoms with Gasteiger partial charge in [0.25, 0.3) is 0 Å². The Kier molecular flexibility index (Phi) is 4.73. The summed E-state index contributed by atoms with van der Waals surface area (Å²) in [5.41, 5.74) is 7.92. The van der Waals surface area contributed by atoms with Crippen molar-refractivity contribution in [2.75, 3.05) is 7.11 Å². The normalized spacial score (nSPS) is 12.7. The maximum Gasteiger partial charge on any atom is 0.161 e. The van der Waals surface area contributed by atoms with Gasteiger partial charge in [-0.05, 0) is 12.5 Å².